The first kappa shape index (κ1) is 13.3. The van der Waals surface area contributed by atoms with Crippen LogP contribution in [0.1, 0.15) is 13.3 Å². The van der Waals surface area contributed by atoms with Gasteiger partial charge in [0.15, 0.2) is 0 Å². The van der Waals surface area contributed by atoms with Crippen LogP contribution < -0.4 is 20.3 Å². The molecular formula is C12H18N2O3. The van der Waals surface area contributed by atoms with Crippen molar-refractivity contribution in [3.05, 3.63) is 24.3 Å². The van der Waals surface area contributed by atoms with Gasteiger partial charge in [-0.1, -0.05) is 0 Å². The highest BCUT2D eigenvalue weighted by Crippen LogP contribution is 2.17. The third-order valence-corrected chi connectivity index (χ3v) is 2.00. The number of carbonyl (C=O) groups is 1. The van der Waals surface area contributed by atoms with Crippen molar-refractivity contribution in [3.8, 4) is 11.5 Å². The van der Waals surface area contributed by atoms with Crippen molar-refractivity contribution in [1.29, 1.82) is 0 Å². The number of benzene rings is 1. The molecule has 0 aliphatic carbocycles. The van der Waals surface area contributed by atoms with Gasteiger partial charge < -0.3 is 9.47 Å². The molecule has 1 aromatic carbocycles. The number of hydrogen-bond donors (Lipinski definition) is 2. The van der Waals surface area contributed by atoms with Gasteiger partial charge in [-0.25, -0.2) is 5.43 Å². The van der Waals surface area contributed by atoms with Gasteiger partial charge in [-0.05, 0) is 31.2 Å². The summed E-state index contributed by atoms with van der Waals surface area (Å²) in [7, 11) is 1.64. The van der Waals surface area contributed by atoms with E-state index in [2.05, 4.69) is 10.9 Å². The Morgan fingerprint density at radius 1 is 1.18 bits per heavy atom. The average molecular weight is 238 g/mol. The molecule has 0 saturated carbocycles. The molecule has 0 saturated heterocycles. The predicted molar refractivity (Wildman–Crippen MR) is 64.9 cm³/mol. The smallest absolute Gasteiger partial charge is 0.237 e. The van der Waals surface area contributed by atoms with Gasteiger partial charge in [-0.3, -0.25) is 10.2 Å². The summed E-state index contributed by atoms with van der Waals surface area (Å²) in [6.07, 6.45) is 0.314. The molecule has 1 aromatic rings. The van der Waals surface area contributed by atoms with Crippen LogP contribution in [-0.4, -0.2) is 26.2 Å². The van der Waals surface area contributed by atoms with Crippen LogP contribution in [0.2, 0.25) is 0 Å². The van der Waals surface area contributed by atoms with Crippen molar-refractivity contribution in [2.75, 3.05) is 20.3 Å². The number of nitrogens with one attached hydrogen (secondary N) is 2. The Balaban J connectivity index is 2.29. The SMILES string of the molecule is CCOc1ccc(OCCC(=O)NNC)cc1. The van der Waals surface area contributed by atoms with Crippen LogP contribution >= 0.6 is 0 Å². The monoisotopic (exact) mass is 238 g/mol. The highest BCUT2D eigenvalue weighted by Gasteiger charge is 2.00. The molecule has 0 aliphatic rings. The second kappa shape index (κ2) is 7.51. The van der Waals surface area contributed by atoms with Crippen molar-refractivity contribution in [2.24, 2.45) is 0 Å². The minimum Gasteiger partial charge on any atom is -0.494 e. The van der Waals surface area contributed by atoms with Gasteiger partial charge in [0, 0.05) is 7.05 Å². The third-order valence-electron chi connectivity index (χ3n) is 2.00. The average Bonchev–Trinajstić information content (AvgIpc) is 2.32. The lowest BCUT2D eigenvalue weighted by atomic mass is 10.3. The molecule has 5 heteroatoms. The molecule has 0 heterocycles. The van der Waals surface area contributed by atoms with Gasteiger partial charge in [0.2, 0.25) is 5.91 Å². The van der Waals surface area contributed by atoms with Crippen molar-refractivity contribution in [2.45, 2.75) is 13.3 Å². The lowest BCUT2D eigenvalue weighted by Crippen LogP contribution is -2.34. The van der Waals surface area contributed by atoms with Crippen LogP contribution in [0, 0.1) is 0 Å². The summed E-state index contributed by atoms with van der Waals surface area (Å²) >= 11 is 0. The normalized spacial score (nSPS) is 9.76. The molecule has 5 nitrogen and oxygen atoms in total. The topological polar surface area (TPSA) is 59.6 Å². The number of hydrogen-bond acceptors (Lipinski definition) is 4. The van der Waals surface area contributed by atoms with E-state index in [4.69, 9.17) is 9.47 Å². The van der Waals surface area contributed by atoms with Gasteiger partial charge in [0.05, 0.1) is 19.6 Å². The minimum absolute atomic E-state index is 0.0987. The summed E-state index contributed by atoms with van der Waals surface area (Å²) in [5.41, 5.74) is 5.03. The van der Waals surface area contributed by atoms with E-state index in [-0.39, 0.29) is 5.91 Å². The molecule has 0 spiro atoms. The summed E-state index contributed by atoms with van der Waals surface area (Å²) in [5, 5.41) is 0. The van der Waals surface area contributed by atoms with E-state index < -0.39 is 0 Å². The molecule has 1 amide bonds. The van der Waals surface area contributed by atoms with Crippen LogP contribution in [0.15, 0.2) is 24.3 Å². The van der Waals surface area contributed by atoms with Crippen LogP contribution in [0.3, 0.4) is 0 Å². The van der Waals surface area contributed by atoms with Crippen LogP contribution in [-0.2, 0) is 4.79 Å². The van der Waals surface area contributed by atoms with Crippen molar-refractivity contribution in [1.82, 2.24) is 10.9 Å². The first-order chi connectivity index (χ1) is 8.26. The first-order valence-electron chi connectivity index (χ1n) is 5.57. The predicted octanol–water partition coefficient (Wildman–Crippen LogP) is 1.10. The van der Waals surface area contributed by atoms with E-state index in [0.717, 1.165) is 11.5 Å². The molecule has 0 aromatic heterocycles. The Kier molecular flexibility index (Phi) is 5.88. The maximum absolute atomic E-state index is 11.1. The van der Waals surface area contributed by atoms with Crippen LogP contribution in [0.4, 0.5) is 0 Å². The summed E-state index contributed by atoms with van der Waals surface area (Å²) in [4.78, 5) is 11.1. The van der Waals surface area contributed by atoms with E-state index in [1.807, 2.05) is 31.2 Å². The summed E-state index contributed by atoms with van der Waals surface area (Å²) in [5.74, 6) is 1.44. The van der Waals surface area contributed by atoms with Gasteiger partial charge in [0.1, 0.15) is 11.5 Å². The van der Waals surface area contributed by atoms with E-state index >= 15 is 0 Å². The zero-order valence-corrected chi connectivity index (χ0v) is 10.2. The molecule has 17 heavy (non-hydrogen) atoms. The molecule has 0 unspecified atom stereocenters. The second-order valence-electron chi connectivity index (χ2n) is 3.30. The number of amides is 1. The minimum atomic E-state index is -0.0987. The Morgan fingerprint density at radius 2 is 1.76 bits per heavy atom. The van der Waals surface area contributed by atoms with Gasteiger partial charge in [-0.15, -0.1) is 0 Å². The maximum atomic E-state index is 11.1. The number of ether oxygens (including phenoxy) is 2. The van der Waals surface area contributed by atoms with Crippen LogP contribution in [0.5, 0.6) is 11.5 Å². The zero-order valence-electron chi connectivity index (χ0n) is 10.2. The molecule has 2 N–H and O–H groups in total. The molecular weight excluding hydrogens is 220 g/mol. The Hall–Kier alpha value is -1.75. The Bertz CT molecular complexity index is 338. The fraction of sp³-hybridized carbons (Fsp3) is 0.417. The molecule has 1 rings (SSSR count). The number of rotatable bonds is 7. The quantitative estimate of drug-likeness (QED) is 0.698. The Morgan fingerprint density at radius 3 is 2.29 bits per heavy atom. The van der Waals surface area contributed by atoms with Gasteiger partial charge >= 0.3 is 0 Å². The second-order valence-corrected chi connectivity index (χ2v) is 3.30. The van der Waals surface area contributed by atoms with E-state index in [1.165, 1.54) is 0 Å². The molecule has 0 atom stereocenters. The maximum Gasteiger partial charge on any atom is 0.237 e. The molecule has 0 radical (unpaired) electrons. The summed E-state index contributed by atoms with van der Waals surface area (Å²) in [6.45, 7) is 2.93. The summed E-state index contributed by atoms with van der Waals surface area (Å²) in [6, 6.07) is 7.32. The number of hydrazine groups is 1. The first-order valence-corrected chi connectivity index (χ1v) is 5.57. The number of carbonyl (C=O) groups excluding carboxylic acids is 1. The molecule has 0 bridgehead atoms. The van der Waals surface area contributed by atoms with Crippen molar-refractivity contribution in [3.63, 3.8) is 0 Å². The molecule has 94 valence electrons. The van der Waals surface area contributed by atoms with Crippen molar-refractivity contribution >= 4 is 5.91 Å². The fourth-order valence-corrected chi connectivity index (χ4v) is 1.26. The van der Waals surface area contributed by atoms with Gasteiger partial charge in [-0.2, -0.15) is 0 Å². The highest BCUT2D eigenvalue weighted by atomic mass is 16.5. The Labute approximate surface area is 101 Å². The largest absolute Gasteiger partial charge is 0.494 e. The zero-order chi connectivity index (χ0) is 12.5. The lowest BCUT2D eigenvalue weighted by Gasteiger charge is -2.07. The molecule has 0 fully saturated rings. The van der Waals surface area contributed by atoms with Crippen LogP contribution in [0.25, 0.3) is 0 Å². The highest BCUT2D eigenvalue weighted by molar-refractivity contribution is 5.75. The fourth-order valence-electron chi connectivity index (χ4n) is 1.26. The standard InChI is InChI=1S/C12H18N2O3/c1-3-16-10-4-6-11(7-5-10)17-9-8-12(15)14-13-2/h4-7,13H,3,8-9H2,1-2H3,(H,14,15). The molecule has 0 aliphatic heterocycles. The van der Waals surface area contributed by atoms with Crippen molar-refractivity contribution < 1.29 is 14.3 Å². The summed E-state index contributed by atoms with van der Waals surface area (Å²) < 4.78 is 10.7. The van der Waals surface area contributed by atoms with Gasteiger partial charge in [0.25, 0.3) is 0 Å². The van der Waals surface area contributed by atoms with E-state index in [9.17, 15) is 4.79 Å². The van der Waals surface area contributed by atoms with E-state index in [0.29, 0.717) is 19.6 Å². The lowest BCUT2D eigenvalue weighted by molar-refractivity contribution is -0.122. The third kappa shape index (κ3) is 5.21. The van der Waals surface area contributed by atoms with E-state index in [1.54, 1.807) is 7.05 Å².